The van der Waals surface area contributed by atoms with Crippen molar-refractivity contribution < 1.29 is 14.0 Å². The average Bonchev–Trinajstić information content (AvgIpc) is 2.62. The van der Waals surface area contributed by atoms with Crippen molar-refractivity contribution in [2.45, 2.75) is 12.8 Å². The molecule has 25 heavy (non-hydrogen) atoms. The van der Waals surface area contributed by atoms with Gasteiger partial charge in [-0.05, 0) is 41.5 Å². The molecule has 0 aromatic heterocycles. The summed E-state index contributed by atoms with van der Waals surface area (Å²) in [6.07, 6.45) is 4.66. The van der Waals surface area contributed by atoms with Gasteiger partial charge in [0.2, 0.25) is 11.8 Å². The molecule has 0 aliphatic carbocycles. The van der Waals surface area contributed by atoms with E-state index in [1.165, 1.54) is 12.1 Å². The minimum atomic E-state index is -0.295. The van der Waals surface area contributed by atoms with Crippen LogP contribution < -0.4 is 16.0 Å². The van der Waals surface area contributed by atoms with Gasteiger partial charge in [0.05, 0.1) is 0 Å². The normalized spacial score (nSPS) is 13.4. The molecule has 1 aromatic carbocycles. The molecule has 3 N–H and O–H groups in total. The molecule has 1 heterocycles. The van der Waals surface area contributed by atoms with Crippen molar-refractivity contribution in [3.05, 3.63) is 53.5 Å². The van der Waals surface area contributed by atoms with Gasteiger partial charge in [-0.1, -0.05) is 12.1 Å². The van der Waals surface area contributed by atoms with Gasteiger partial charge in [0.25, 0.3) is 0 Å². The molecule has 5 nitrogen and oxygen atoms in total. The number of hydrogen-bond acceptors (Lipinski definition) is 4. The molecule has 7 heteroatoms. The number of benzene rings is 1. The van der Waals surface area contributed by atoms with Crippen LogP contribution in [-0.4, -0.2) is 37.2 Å². The second-order valence-electron chi connectivity index (χ2n) is 5.59. The van der Waals surface area contributed by atoms with Gasteiger partial charge in [-0.25, -0.2) is 4.39 Å². The largest absolute Gasteiger partial charge is 0.386 e. The maximum Gasteiger partial charge on any atom is 0.249 e. The lowest BCUT2D eigenvalue weighted by Gasteiger charge is -2.16. The Bertz CT molecular complexity index is 671. The highest BCUT2D eigenvalue weighted by atomic mass is 32.1. The smallest absolute Gasteiger partial charge is 0.249 e. The lowest BCUT2D eigenvalue weighted by atomic mass is 10.0. The number of carbonyl (C=O) groups is 2. The summed E-state index contributed by atoms with van der Waals surface area (Å²) in [6, 6.07) is 6.13. The van der Waals surface area contributed by atoms with Crippen LogP contribution in [0.3, 0.4) is 0 Å². The number of dihydropyridines is 1. The number of carbonyl (C=O) groups excluding carboxylic acids is 2. The first-order valence-electron chi connectivity index (χ1n) is 8.16. The molecule has 0 atom stereocenters. The number of allylic oxidation sites excluding steroid dienone is 2. The topological polar surface area (TPSA) is 70.2 Å². The van der Waals surface area contributed by atoms with Crippen LogP contribution in [0.15, 0.2) is 42.1 Å². The molecule has 0 spiro atoms. The van der Waals surface area contributed by atoms with Gasteiger partial charge in [0.1, 0.15) is 5.82 Å². The molecule has 2 amide bonds. The first-order chi connectivity index (χ1) is 12.1. The molecular weight excluding hydrogens is 341 g/mol. The highest BCUT2D eigenvalue weighted by molar-refractivity contribution is 7.80. The van der Waals surface area contributed by atoms with Gasteiger partial charge < -0.3 is 16.0 Å². The third-order valence-corrected chi connectivity index (χ3v) is 3.87. The molecule has 1 aliphatic rings. The number of rotatable bonds is 8. The van der Waals surface area contributed by atoms with Crippen molar-refractivity contribution in [1.82, 2.24) is 16.0 Å². The van der Waals surface area contributed by atoms with Crippen LogP contribution in [0.5, 0.6) is 0 Å². The first-order valence-corrected chi connectivity index (χ1v) is 8.79. The molecule has 0 unspecified atom stereocenters. The van der Waals surface area contributed by atoms with E-state index in [-0.39, 0.29) is 17.6 Å². The van der Waals surface area contributed by atoms with E-state index in [4.69, 9.17) is 0 Å². The maximum absolute atomic E-state index is 13.0. The molecular formula is C18H22FN3O2S. The van der Waals surface area contributed by atoms with E-state index in [1.807, 2.05) is 0 Å². The fourth-order valence-corrected chi connectivity index (χ4v) is 2.53. The monoisotopic (exact) mass is 363 g/mol. The second-order valence-corrected chi connectivity index (χ2v) is 6.04. The van der Waals surface area contributed by atoms with Crippen LogP contribution in [0.4, 0.5) is 4.39 Å². The number of halogens is 1. The Labute approximate surface area is 152 Å². The predicted octanol–water partition coefficient (Wildman–Crippen LogP) is 1.64. The molecule has 1 aromatic rings. The Morgan fingerprint density at radius 1 is 1.16 bits per heavy atom. The van der Waals surface area contributed by atoms with E-state index >= 15 is 0 Å². The van der Waals surface area contributed by atoms with Crippen molar-refractivity contribution in [3.63, 3.8) is 0 Å². The molecule has 0 saturated heterocycles. The van der Waals surface area contributed by atoms with E-state index in [0.29, 0.717) is 43.8 Å². The lowest BCUT2D eigenvalue weighted by molar-refractivity contribution is -0.120. The van der Waals surface area contributed by atoms with Crippen molar-refractivity contribution in [1.29, 1.82) is 0 Å². The summed E-state index contributed by atoms with van der Waals surface area (Å²) in [5, 5.41) is 8.66. The fourth-order valence-electron chi connectivity index (χ4n) is 2.33. The summed E-state index contributed by atoms with van der Waals surface area (Å²) in [4.78, 5) is 23.5. The summed E-state index contributed by atoms with van der Waals surface area (Å²) in [5.74, 6) is 0.0428. The van der Waals surface area contributed by atoms with Gasteiger partial charge in [0, 0.05) is 37.8 Å². The Hall–Kier alpha value is -2.28. The van der Waals surface area contributed by atoms with Gasteiger partial charge in [0.15, 0.2) is 0 Å². The van der Waals surface area contributed by atoms with Crippen LogP contribution in [0.25, 0.3) is 5.57 Å². The molecule has 0 fully saturated rings. The zero-order valence-electron chi connectivity index (χ0n) is 13.8. The summed E-state index contributed by atoms with van der Waals surface area (Å²) in [6.45, 7) is 1.44. The van der Waals surface area contributed by atoms with Crippen LogP contribution in [-0.2, 0) is 9.59 Å². The van der Waals surface area contributed by atoms with Crippen molar-refractivity contribution in [2.24, 2.45) is 0 Å². The average molecular weight is 363 g/mol. The molecule has 2 rings (SSSR count). The quantitative estimate of drug-likeness (QED) is 0.419. The Kier molecular flexibility index (Phi) is 7.53. The fraction of sp³-hybridized carbons (Fsp3) is 0.333. The van der Waals surface area contributed by atoms with Crippen LogP contribution >= 0.6 is 12.6 Å². The zero-order valence-corrected chi connectivity index (χ0v) is 14.7. The van der Waals surface area contributed by atoms with Gasteiger partial charge in [-0.3, -0.25) is 9.59 Å². The first kappa shape index (κ1) is 19.1. The summed E-state index contributed by atoms with van der Waals surface area (Å²) in [5.41, 5.74) is 2.28. The van der Waals surface area contributed by atoms with Gasteiger partial charge in [-0.15, -0.1) is 0 Å². The molecule has 0 bridgehead atoms. The third-order valence-electron chi connectivity index (χ3n) is 3.65. The minimum absolute atomic E-state index is 0.0328. The number of amides is 2. The standard InChI is InChI=1S/C18H22FN3O2S/c19-16-4-2-13(3-5-16)14-10-15(12-20-11-14)18(24)22-8-1-7-21-17(23)6-9-25/h2-5,10-11,20,25H,1,6-9,12H2,(H,21,23)(H,22,24). The highest BCUT2D eigenvalue weighted by Gasteiger charge is 2.13. The lowest BCUT2D eigenvalue weighted by Crippen LogP contribution is -2.33. The van der Waals surface area contributed by atoms with Crippen molar-refractivity contribution in [2.75, 3.05) is 25.4 Å². The van der Waals surface area contributed by atoms with Crippen LogP contribution in [0, 0.1) is 5.82 Å². The van der Waals surface area contributed by atoms with Gasteiger partial charge >= 0.3 is 0 Å². The number of thiol groups is 1. The van der Waals surface area contributed by atoms with Gasteiger partial charge in [-0.2, -0.15) is 12.6 Å². The summed E-state index contributed by atoms with van der Waals surface area (Å²) in [7, 11) is 0. The van der Waals surface area contributed by atoms with E-state index in [2.05, 4.69) is 28.6 Å². The maximum atomic E-state index is 13.0. The molecule has 134 valence electrons. The predicted molar refractivity (Wildman–Crippen MR) is 99.6 cm³/mol. The van der Waals surface area contributed by atoms with Crippen molar-refractivity contribution in [3.8, 4) is 0 Å². The van der Waals surface area contributed by atoms with E-state index in [0.717, 1.165) is 11.1 Å². The second kappa shape index (κ2) is 9.88. The number of nitrogens with one attached hydrogen (secondary N) is 3. The van der Waals surface area contributed by atoms with E-state index < -0.39 is 0 Å². The van der Waals surface area contributed by atoms with E-state index in [9.17, 15) is 14.0 Å². The molecule has 0 radical (unpaired) electrons. The zero-order chi connectivity index (χ0) is 18.1. The summed E-state index contributed by atoms with van der Waals surface area (Å²) < 4.78 is 13.0. The SMILES string of the molecule is O=C(CCS)NCCCNC(=O)C1=CC(c2ccc(F)cc2)=CNC1. The molecule has 0 saturated carbocycles. The number of hydrogen-bond donors (Lipinski definition) is 4. The minimum Gasteiger partial charge on any atom is -0.386 e. The van der Waals surface area contributed by atoms with Crippen LogP contribution in [0.1, 0.15) is 18.4 Å². The Balaban J connectivity index is 1.80. The van der Waals surface area contributed by atoms with Crippen LogP contribution in [0.2, 0.25) is 0 Å². The van der Waals surface area contributed by atoms with E-state index in [1.54, 1.807) is 24.4 Å². The van der Waals surface area contributed by atoms with Crippen molar-refractivity contribution >= 4 is 30.0 Å². The highest BCUT2D eigenvalue weighted by Crippen LogP contribution is 2.19. The Morgan fingerprint density at radius 3 is 2.60 bits per heavy atom. The third kappa shape index (κ3) is 6.26. The Morgan fingerprint density at radius 2 is 1.88 bits per heavy atom. The summed E-state index contributed by atoms with van der Waals surface area (Å²) >= 11 is 3.99. The molecule has 1 aliphatic heterocycles.